The third-order valence-electron chi connectivity index (χ3n) is 2.03. The van der Waals surface area contributed by atoms with Gasteiger partial charge in [-0.15, -0.1) is 0 Å². The first-order chi connectivity index (χ1) is 4.36. The van der Waals surface area contributed by atoms with Gasteiger partial charge in [-0.3, -0.25) is 0 Å². The average Bonchev–Trinajstić information content (AvgIpc) is 2.34. The lowest BCUT2D eigenvalue weighted by atomic mass is 10.6. The van der Waals surface area contributed by atoms with Gasteiger partial charge in [-0.25, -0.2) is 0 Å². The Balaban J connectivity index is 2.20. The lowest BCUT2D eigenvalue weighted by Gasteiger charge is -2.12. The Hall–Kier alpha value is 0.137. The van der Waals surface area contributed by atoms with E-state index in [1.54, 1.807) is 0 Å². The Morgan fingerprint density at radius 1 is 1.11 bits per heavy atom. The van der Waals surface area contributed by atoms with Crippen molar-refractivity contribution < 1.29 is 0 Å². The number of hydrogen-bond acceptors (Lipinski definition) is 2. The predicted molar refractivity (Wildman–Crippen MR) is 43.0 cm³/mol. The monoisotopic (exact) mass is 144 g/mol. The molecule has 0 atom stereocenters. The molecule has 1 aliphatic rings. The summed E-state index contributed by atoms with van der Waals surface area (Å²) in [5.41, 5.74) is 0. The van der Waals surface area contributed by atoms with Crippen LogP contribution in [0.4, 0.5) is 0 Å². The van der Waals surface area contributed by atoms with Crippen molar-refractivity contribution in [1.82, 2.24) is 9.13 Å². The van der Waals surface area contributed by atoms with Gasteiger partial charge < -0.3 is 9.13 Å². The summed E-state index contributed by atoms with van der Waals surface area (Å²) in [6.07, 6.45) is 0. The molecule has 0 unspecified atom stereocenters. The smallest absolute Gasteiger partial charge is 0.173 e. The highest BCUT2D eigenvalue weighted by Crippen LogP contribution is 1.99. The molecule has 0 radical (unpaired) electrons. The minimum atomic E-state index is 0.0378. The molecule has 1 heterocycles. The second kappa shape index (κ2) is 3.34. The van der Waals surface area contributed by atoms with Gasteiger partial charge in [0.05, 0.1) is 0 Å². The summed E-state index contributed by atoms with van der Waals surface area (Å²) in [6.45, 7) is 9.71. The summed E-state index contributed by atoms with van der Waals surface area (Å²) >= 11 is 0. The van der Waals surface area contributed by atoms with Crippen LogP contribution in [-0.4, -0.2) is 45.2 Å². The molecule has 9 heavy (non-hydrogen) atoms. The second-order valence-corrected chi connectivity index (χ2v) is 4.63. The van der Waals surface area contributed by atoms with Crippen LogP contribution in [0.5, 0.6) is 0 Å². The molecule has 0 aromatic rings. The van der Waals surface area contributed by atoms with Gasteiger partial charge in [0.2, 0.25) is 0 Å². The van der Waals surface area contributed by atoms with Crippen LogP contribution < -0.4 is 0 Å². The molecule has 1 saturated heterocycles. The van der Waals surface area contributed by atoms with Gasteiger partial charge in [-0.05, 0) is 13.1 Å². The van der Waals surface area contributed by atoms with Crippen molar-refractivity contribution in [2.24, 2.45) is 0 Å². The summed E-state index contributed by atoms with van der Waals surface area (Å²) < 4.78 is 5.20. The van der Waals surface area contributed by atoms with Crippen LogP contribution in [0.25, 0.3) is 0 Å². The van der Waals surface area contributed by atoms with Crippen LogP contribution in [-0.2, 0) is 0 Å². The van der Waals surface area contributed by atoms with Crippen LogP contribution in [0.1, 0.15) is 13.8 Å². The molecule has 0 saturated carbocycles. The summed E-state index contributed by atoms with van der Waals surface area (Å²) in [4.78, 5) is 0. The molecule has 0 aliphatic carbocycles. The van der Waals surface area contributed by atoms with Crippen LogP contribution >= 0.6 is 0 Å². The van der Waals surface area contributed by atoms with E-state index in [0.717, 1.165) is 0 Å². The van der Waals surface area contributed by atoms with E-state index in [9.17, 15) is 0 Å². The molecular formula is C6H16N2Si. The van der Waals surface area contributed by atoms with Gasteiger partial charge in [0.15, 0.2) is 9.84 Å². The molecule has 1 aliphatic heterocycles. The van der Waals surface area contributed by atoms with Crippen molar-refractivity contribution in [2.75, 3.05) is 26.2 Å². The summed E-state index contributed by atoms with van der Waals surface area (Å²) in [7, 11) is 0.0378. The third-order valence-corrected chi connectivity index (χ3v) is 4.35. The van der Waals surface area contributed by atoms with Crippen molar-refractivity contribution in [1.29, 1.82) is 0 Å². The van der Waals surface area contributed by atoms with E-state index in [1.165, 1.54) is 26.2 Å². The van der Waals surface area contributed by atoms with E-state index in [1.807, 2.05) is 0 Å². The number of likely N-dealkylation sites (N-methyl/N-ethyl adjacent to an activating group) is 2. The Morgan fingerprint density at radius 2 is 1.56 bits per heavy atom. The molecule has 0 aromatic heterocycles. The molecule has 1 fully saturated rings. The van der Waals surface area contributed by atoms with E-state index < -0.39 is 0 Å². The SMILES string of the molecule is CCN1CCN(CC)[SiH2]1. The van der Waals surface area contributed by atoms with Crippen molar-refractivity contribution in [3.63, 3.8) is 0 Å². The van der Waals surface area contributed by atoms with Crippen molar-refractivity contribution in [3.8, 4) is 0 Å². The number of hydrogen-bond donors (Lipinski definition) is 0. The van der Waals surface area contributed by atoms with E-state index in [0.29, 0.717) is 0 Å². The number of nitrogens with zero attached hydrogens (tertiary/aromatic N) is 2. The van der Waals surface area contributed by atoms with Crippen LogP contribution in [0.3, 0.4) is 0 Å². The van der Waals surface area contributed by atoms with Crippen molar-refractivity contribution in [3.05, 3.63) is 0 Å². The topological polar surface area (TPSA) is 6.48 Å². The maximum Gasteiger partial charge on any atom is 0.173 e. The zero-order chi connectivity index (χ0) is 6.69. The average molecular weight is 144 g/mol. The lowest BCUT2D eigenvalue weighted by Crippen LogP contribution is -2.29. The third kappa shape index (κ3) is 1.78. The first-order valence-corrected chi connectivity index (χ1v) is 5.08. The Kier molecular flexibility index (Phi) is 2.69. The van der Waals surface area contributed by atoms with Gasteiger partial charge in [0.25, 0.3) is 0 Å². The maximum absolute atomic E-state index is 2.60. The molecule has 1 rings (SSSR count). The van der Waals surface area contributed by atoms with Gasteiger partial charge in [-0.2, -0.15) is 0 Å². The van der Waals surface area contributed by atoms with E-state index >= 15 is 0 Å². The fraction of sp³-hybridized carbons (Fsp3) is 1.00. The molecular weight excluding hydrogens is 128 g/mol. The highest BCUT2D eigenvalue weighted by molar-refractivity contribution is 6.29. The maximum atomic E-state index is 2.60. The minimum absolute atomic E-state index is 0.0378. The van der Waals surface area contributed by atoms with Crippen molar-refractivity contribution in [2.45, 2.75) is 13.8 Å². The zero-order valence-corrected chi connectivity index (χ0v) is 7.84. The molecule has 0 N–H and O–H groups in total. The van der Waals surface area contributed by atoms with Crippen LogP contribution in [0.15, 0.2) is 0 Å². The molecule has 54 valence electrons. The quantitative estimate of drug-likeness (QED) is 0.489. The first-order valence-electron chi connectivity index (χ1n) is 3.81. The summed E-state index contributed by atoms with van der Waals surface area (Å²) in [5.74, 6) is 0. The fourth-order valence-corrected chi connectivity index (χ4v) is 2.75. The van der Waals surface area contributed by atoms with Gasteiger partial charge in [-0.1, -0.05) is 13.8 Å². The molecule has 0 aromatic carbocycles. The van der Waals surface area contributed by atoms with Crippen LogP contribution in [0, 0.1) is 0 Å². The predicted octanol–water partition coefficient (Wildman–Crippen LogP) is -0.357. The fourth-order valence-electron chi connectivity index (χ4n) is 1.22. The largest absolute Gasteiger partial charge is 0.316 e. The highest BCUT2D eigenvalue weighted by atomic mass is 28.2. The normalized spacial score (nSPS) is 23.3. The Morgan fingerprint density at radius 3 is 1.78 bits per heavy atom. The lowest BCUT2D eigenvalue weighted by molar-refractivity contribution is 0.486. The standard InChI is InChI=1S/C6H16N2Si/c1-3-7-5-6-8(4-2)9-7/h3-6,9H2,1-2H3. The minimum Gasteiger partial charge on any atom is -0.316 e. The van der Waals surface area contributed by atoms with Gasteiger partial charge >= 0.3 is 0 Å². The first kappa shape index (κ1) is 7.25. The Labute approximate surface area is 59.8 Å². The van der Waals surface area contributed by atoms with E-state index in [-0.39, 0.29) is 9.84 Å². The summed E-state index contributed by atoms with van der Waals surface area (Å²) in [6, 6.07) is 0. The second-order valence-electron chi connectivity index (χ2n) is 2.56. The zero-order valence-electron chi connectivity index (χ0n) is 6.43. The molecule has 0 bridgehead atoms. The molecule has 0 amide bonds. The highest BCUT2D eigenvalue weighted by Gasteiger charge is 2.16. The molecule has 3 heteroatoms. The summed E-state index contributed by atoms with van der Waals surface area (Å²) in [5, 5.41) is 0. The van der Waals surface area contributed by atoms with E-state index in [4.69, 9.17) is 0 Å². The molecule has 0 spiro atoms. The number of rotatable bonds is 2. The molecule has 2 nitrogen and oxygen atoms in total. The van der Waals surface area contributed by atoms with Gasteiger partial charge in [0.1, 0.15) is 0 Å². The van der Waals surface area contributed by atoms with Crippen LogP contribution in [0.2, 0.25) is 0 Å². The van der Waals surface area contributed by atoms with Crippen molar-refractivity contribution >= 4 is 9.84 Å². The van der Waals surface area contributed by atoms with Gasteiger partial charge in [0, 0.05) is 13.1 Å². The van der Waals surface area contributed by atoms with E-state index in [2.05, 4.69) is 23.0 Å². The Bertz CT molecular complexity index is 77.1.